The van der Waals surface area contributed by atoms with Crippen LogP contribution < -0.4 is 0 Å². The standard InChI is InChI=1S/C14H21NO4/c1-14-9-6-4-3-5-8(9)11-7-10(14)12(13(16)17-2)19-15(14)18-11/h8-12H,3-7H2,1-2H3/t8-,9-,10-,11-,12+,14-/m0/s1. The lowest BCUT2D eigenvalue weighted by atomic mass is 9.55. The molecule has 0 aromatic rings. The van der Waals surface area contributed by atoms with Crippen LogP contribution in [0, 0.1) is 17.8 Å². The zero-order valence-electron chi connectivity index (χ0n) is 11.5. The number of ether oxygens (including phenoxy) is 1. The van der Waals surface area contributed by atoms with Crippen LogP contribution in [0.1, 0.15) is 39.0 Å². The number of esters is 1. The Morgan fingerprint density at radius 2 is 2.05 bits per heavy atom. The summed E-state index contributed by atoms with van der Waals surface area (Å²) in [6.07, 6.45) is 5.75. The maximum atomic E-state index is 11.9. The van der Waals surface area contributed by atoms with Crippen molar-refractivity contribution in [3.8, 4) is 0 Å². The van der Waals surface area contributed by atoms with Gasteiger partial charge >= 0.3 is 5.97 Å². The van der Waals surface area contributed by atoms with Crippen molar-refractivity contribution in [2.45, 2.75) is 56.8 Å². The monoisotopic (exact) mass is 267 g/mol. The minimum absolute atomic E-state index is 0.154. The molecule has 5 aliphatic rings. The average Bonchev–Trinajstić information content (AvgIpc) is 2.62. The highest BCUT2D eigenvalue weighted by Gasteiger charge is 2.69. The summed E-state index contributed by atoms with van der Waals surface area (Å²) in [6, 6.07) is 0. The molecule has 5 heteroatoms. The van der Waals surface area contributed by atoms with Crippen LogP contribution in [0.3, 0.4) is 0 Å². The molecule has 5 rings (SSSR count). The van der Waals surface area contributed by atoms with Gasteiger partial charge in [0.25, 0.3) is 0 Å². The molecule has 0 spiro atoms. The summed E-state index contributed by atoms with van der Waals surface area (Å²) in [4.78, 5) is 23.6. The molecule has 0 aromatic carbocycles. The molecule has 1 unspecified atom stereocenters. The topological polar surface area (TPSA) is 48.0 Å². The van der Waals surface area contributed by atoms with Crippen LogP contribution in [0.5, 0.6) is 0 Å². The number of rotatable bonds is 1. The third kappa shape index (κ3) is 1.38. The molecule has 0 aromatic heterocycles. The van der Waals surface area contributed by atoms with Crippen LogP contribution in [-0.4, -0.2) is 36.1 Å². The fraction of sp³-hybridized carbons (Fsp3) is 0.929. The van der Waals surface area contributed by atoms with Crippen LogP contribution in [0.25, 0.3) is 0 Å². The van der Waals surface area contributed by atoms with Gasteiger partial charge in [0.05, 0.1) is 18.8 Å². The lowest BCUT2D eigenvalue weighted by molar-refractivity contribution is -0.451. The summed E-state index contributed by atoms with van der Waals surface area (Å²) in [5.41, 5.74) is -0.154. The fourth-order valence-corrected chi connectivity index (χ4v) is 4.97. The van der Waals surface area contributed by atoms with E-state index in [9.17, 15) is 4.79 Å². The van der Waals surface area contributed by atoms with Crippen molar-refractivity contribution in [2.75, 3.05) is 7.11 Å². The van der Waals surface area contributed by atoms with E-state index in [0.29, 0.717) is 11.8 Å². The summed E-state index contributed by atoms with van der Waals surface area (Å²) in [7, 11) is 1.42. The first-order valence-electron chi connectivity index (χ1n) is 7.38. The first-order chi connectivity index (χ1) is 9.16. The molecule has 7 atom stereocenters. The quantitative estimate of drug-likeness (QED) is 0.676. The molecule has 5 fully saturated rings. The van der Waals surface area contributed by atoms with Gasteiger partial charge in [0.15, 0.2) is 6.10 Å². The van der Waals surface area contributed by atoms with Gasteiger partial charge in [-0.1, -0.05) is 18.1 Å². The number of nitrogens with zero attached hydrogens (tertiary/aromatic N) is 1. The number of hydrogen-bond donors (Lipinski definition) is 0. The van der Waals surface area contributed by atoms with Crippen LogP contribution in [0.4, 0.5) is 0 Å². The normalized spacial score (nSPS) is 54.8. The van der Waals surface area contributed by atoms with Crippen molar-refractivity contribution < 1.29 is 19.2 Å². The molecule has 3 aliphatic heterocycles. The largest absolute Gasteiger partial charge is 0.467 e. The van der Waals surface area contributed by atoms with Gasteiger partial charge in [-0.15, -0.1) is 0 Å². The molecule has 0 radical (unpaired) electrons. The highest BCUT2D eigenvalue weighted by atomic mass is 17.0. The Balaban J connectivity index is 1.70. The number of hydrogen-bond acceptors (Lipinski definition) is 5. The molecule has 4 bridgehead atoms. The molecule has 3 saturated heterocycles. The van der Waals surface area contributed by atoms with Crippen LogP contribution in [0.2, 0.25) is 0 Å². The Kier molecular flexibility index (Phi) is 2.51. The van der Waals surface area contributed by atoms with Gasteiger partial charge < -0.3 is 4.74 Å². The lowest BCUT2D eigenvalue weighted by Gasteiger charge is -2.59. The molecule has 0 amide bonds. The molecule has 19 heavy (non-hydrogen) atoms. The molecule has 3 heterocycles. The first-order valence-corrected chi connectivity index (χ1v) is 7.38. The van der Waals surface area contributed by atoms with Crippen molar-refractivity contribution in [1.82, 2.24) is 5.23 Å². The highest BCUT2D eigenvalue weighted by Crippen LogP contribution is 2.60. The van der Waals surface area contributed by atoms with Gasteiger partial charge in [-0.05, 0) is 38.0 Å². The summed E-state index contributed by atoms with van der Waals surface area (Å²) in [6.45, 7) is 2.21. The van der Waals surface area contributed by atoms with E-state index >= 15 is 0 Å². The van der Waals surface area contributed by atoms with Crippen molar-refractivity contribution in [2.24, 2.45) is 17.8 Å². The molecule has 5 nitrogen and oxygen atoms in total. The van der Waals surface area contributed by atoms with E-state index in [1.807, 2.05) is 0 Å². The van der Waals surface area contributed by atoms with Gasteiger partial charge in [-0.2, -0.15) is 0 Å². The second-order valence-electron chi connectivity index (χ2n) is 6.57. The Labute approximate surface area is 113 Å². The smallest absolute Gasteiger partial charge is 0.337 e. The van der Waals surface area contributed by atoms with E-state index in [0.717, 1.165) is 6.42 Å². The van der Waals surface area contributed by atoms with Crippen LogP contribution in [0.15, 0.2) is 0 Å². The molecule has 106 valence electrons. The van der Waals surface area contributed by atoms with Gasteiger partial charge in [-0.25, -0.2) is 4.79 Å². The van der Waals surface area contributed by atoms with E-state index in [4.69, 9.17) is 14.4 Å². The maximum Gasteiger partial charge on any atom is 0.337 e. The van der Waals surface area contributed by atoms with Gasteiger partial charge in [0, 0.05) is 5.92 Å². The van der Waals surface area contributed by atoms with Crippen molar-refractivity contribution >= 4 is 5.97 Å². The first kappa shape index (κ1) is 12.1. The molecular weight excluding hydrogens is 246 g/mol. The highest BCUT2D eigenvalue weighted by molar-refractivity contribution is 5.75. The SMILES string of the molecule is COC(=O)[C@@H]1ON2O[C@H]3C[C@@H]1[C@]2(C)[C@H]1CCCC[C@H]31. The second kappa shape index (κ2) is 3.93. The summed E-state index contributed by atoms with van der Waals surface area (Å²) in [5, 5.41) is 1.65. The van der Waals surface area contributed by atoms with Gasteiger partial charge in [0.1, 0.15) is 0 Å². The Bertz CT molecular complexity index is 414. The molecule has 0 N–H and O–H groups in total. The van der Waals surface area contributed by atoms with Crippen LogP contribution in [-0.2, 0) is 19.2 Å². The van der Waals surface area contributed by atoms with E-state index in [1.165, 1.54) is 32.8 Å². The zero-order chi connectivity index (χ0) is 13.2. The predicted molar refractivity (Wildman–Crippen MR) is 65.6 cm³/mol. The Hall–Kier alpha value is -0.650. The van der Waals surface area contributed by atoms with E-state index < -0.39 is 6.10 Å². The van der Waals surface area contributed by atoms with Gasteiger partial charge in [-0.3, -0.25) is 9.68 Å². The van der Waals surface area contributed by atoms with Crippen LogP contribution >= 0.6 is 0 Å². The summed E-state index contributed by atoms with van der Waals surface area (Å²) >= 11 is 0. The van der Waals surface area contributed by atoms with E-state index in [-0.39, 0.29) is 23.5 Å². The predicted octanol–water partition coefficient (Wildman–Crippen LogP) is 1.67. The fourth-order valence-electron chi connectivity index (χ4n) is 4.97. The van der Waals surface area contributed by atoms with Crippen molar-refractivity contribution in [3.63, 3.8) is 0 Å². The molecular formula is C14H21NO4. The lowest BCUT2D eigenvalue weighted by Crippen LogP contribution is -2.66. The summed E-state index contributed by atoms with van der Waals surface area (Å²) < 4.78 is 4.88. The Morgan fingerprint density at radius 3 is 2.84 bits per heavy atom. The zero-order valence-corrected chi connectivity index (χ0v) is 11.5. The average molecular weight is 267 g/mol. The Morgan fingerprint density at radius 1 is 1.26 bits per heavy atom. The summed E-state index contributed by atoms with van der Waals surface area (Å²) in [5.74, 6) is 1.18. The van der Waals surface area contributed by atoms with E-state index in [2.05, 4.69) is 6.92 Å². The van der Waals surface area contributed by atoms with E-state index in [1.54, 1.807) is 5.23 Å². The third-order valence-electron chi connectivity index (χ3n) is 5.92. The van der Waals surface area contributed by atoms with Crippen molar-refractivity contribution in [3.05, 3.63) is 0 Å². The number of carbonyl (C=O) groups is 1. The molecule has 2 aliphatic carbocycles. The third-order valence-corrected chi connectivity index (χ3v) is 5.92. The number of carbonyl (C=O) groups excluding carboxylic acids is 1. The van der Waals surface area contributed by atoms with Crippen molar-refractivity contribution in [1.29, 1.82) is 0 Å². The molecule has 2 saturated carbocycles. The van der Waals surface area contributed by atoms with Gasteiger partial charge in [0.2, 0.25) is 0 Å². The maximum absolute atomic E-state index is 11.9. The number of methoxy groups -OCH3 is 1. The minimum atomic E-state index is -0.483. The second-order valence-corrected chi connectivity index (χ2v) is 6.57. The minimum Gasteiger partial charge on any atom is -0.467 e. The number of hydroxylamine groups is 2.